The predicted octanol–water partition coefficient (Wildman–Crippen LogP) is 3.50. The minimum absolute atomic E-state index is 0.129. The zero-order valence-electron chi connectivity index (χ0n) is 16.9. The Morgan fingerprint density at radius 1 is 1.04 bits per heavy atom. The SMILES string of the molecule is CN(C)CCCNC(=O)c1ccc(Nc2ccc(N3CCCCC3)cc2)cn1. The number of pyridine rings is 1. The number of carbonyl (C=O) groups is 1. The summed E-state index contributed by atoms with van der Waals surface area (Å²) in [5.41, 5.74) is 3.61. The molecular formula is C22H31N5O. The first-order chi connectivity index (χ1) is 13.6. The van der Waals surface area contributed by atoms with Crippen molar-refractivity contribution in [1.82, 2.24) is 15.2 Å². The predicted molar refractivity (Wildman–Crippen MR) is 116 cm³/mol. The van der Waals surface area contributed by atoms with E-state index in [1.165, 1.54) is 24.9 Å². The number of hydrogen-bond donors (Lipinski definition) is 2. The van der Waals surface area contributed by atoms with Gasteiger partial charge in [0.25, 0.3) is 5.91 Å². The van der Waals surface area contributed by atoms with Crippen LogP contribution in [0.25, 0.3) is 0 Å². The Labute approximate surface area is 167 Å². The van der Waals surface area contributed by atoms with Gasteiger partial charge in [-0.15, -0.1) is 0 Å². The Kier molecular flexibility index (Phi) is 7.25. The zero-order chi connectivity index (χ0) is 19.8. The first kappa shape index (κ1) is 20.1. The molecule has 0 atom stereocenters. The smallest absolute Gasteiger partial charge is 0.269 e. The molecule has 2 aromatic rings. The van der Waals surface area contributed by atoms with E-state index in [9.17, 15) is 4.79 Å². The van der Waals surface area contributed by atoms with Crippen LogP contribution in [0.3, 0.4) is 0 Å². The van der Waals surface area contributed by atoms with Gasteiger partial charge in [-0.3, -0.25) is 4.79 Å². The van der Waals surface area contributed by atoms with Crippen LogP contribution >= 0.6 is 0 Å². The van der Waals surface area contributed by atoms with Crippen LogP contribution in [0, 0.1) is 0 Å². The van der Waals surface area contributed by atoms with Crippen LogP contribution in [0.2, 0.25) is 0 Å². The summed E-state index contributed by atoms with van der Waals surface area (Å²) < 4.78 is 0. The summed E-state index contributed by atoms with van der Waals surface area (Å²) in [6.07, 6.45) is 6.52. The van der Waals surface area contributed by atoms with Crippen LogP contribution in [-0.2, 0) is 0 Å². The second-order valence-corrected chi connectivity index (χ2v) is 7.56. The van der Waals surface area contributed by atoms with Crippen molar-refractivity contribution in [2.45, 2.75) is 25.7 Å². The molecular weight excluding hydrogens is 350 g/mol. The molecule has 150 valence electrons. The monoisotopic (exact) mass is 381 g/mol. The molecule has 0 unspecified atom stereocenters. The number of piperidine rings is 1. The van der Waals surface area contributed by atoms with Gasteiger partial charge in [0.2, 0.25) is 0 Å². The van der Waals surface area contributed by atoms with Gasteiger partial charge in [0.1, 0.15) is 5.69 Å². The molecule has 6 heteroatoms. The highest BCUT2D eigenvalue weighted by atomic mass is 16.1. The van der Waals surface area contributed by atoms with E-state index in [0.29, 0.717) is 12.2 Å². The summed E-state index contributed by atoms with van der Waals surface area (Å²) in [5, 5.41) is 6.25. The fraction of sp³-hybridized carbons (Fsp3) is 0.455. The van der Waals surface area contributed by atoms with E-state index in [1.807, 2.05) is 20.2 Å². The van der Waals surface area contributed by atoms with Gasteiger partial charge in [0.05, 0.1) is 11.9 Å². The topological polar surface area (TPSA) is 60.5 Å². The Bertz CT molecular complexity index is 737. The van der Waals surface area contributed by atoms with Gasteiger partial charge in [0.15, 0.2) is 0 Å². The average molecular weight is 382 g/mol. The number of nitrogens with one attached hydrogen (secondary N) is 2. The summed E-state index contributed by atoms with van der Waals surface area (Å²) in [7, 11) is 4.05. The van der Waals surface area contributed by atoms with Crippen molar-refractivity contribution < 1.29 is 4.79 Å². The standard InChI is InChI=1S/C22H31N5O/c1-26(2)14-6-13-23-22(28)21-12-9-19(17-24-21)25-18-7-10-20(11-8-18)27-15-4-3-5-16-27/h7-12,17,25H,3-6,13-16H2,1-2H3,(H,23,28). The van der Waals surface area contributed by atoms with Gasteiger partial charge in [-0.25, -0.2) is 4.98 Å². The van der Waals surface area contributed by atoms with Crippen molar-refractivity contribution in [3.05, 3.63) is 48.3 Å². The molecule has 1 aromatic carbocycles. The molecule has 0 bridgehead atoms. The fourth-order valence-corrected chi connectivity index (χ4v) is 3.36. The van der Waals surface area contributed by atoms with Crippen LogP contribution in [-0.4, -0.2) is 56.1 Å². The molecule has 2 heterocycles. The lowest BCUT2D eigenvalue weighted by Crippen LogP contribution is -2.29. The second kappa shape index (κ2) is 10.1. The Balaban J connectivity index is 1.50. The van der Waals surface area contributed by atoms with Gasteiger partial charge in [-0.05, 0) is 82.7 Å². The van der Waals surface area contributed by atoms with E-state index in [-0.39, 0.29) is 5.91 Å². The first-order valence-electron chi connectivity index (χ1n) is 10.1. The van der Waals surface area contributed by atoms with E-state index in [1.54, 1.807) is 12.3 Å². The summed E-state index contributed by atoms with van der Waals surface area (Å²) in [6.45, 7) is 3.90. The molecule has 1 saturated heterocycles. The molecule has 0 radical (unpaired) electrons. The van der Waals surface area contributed by atoms with Gasteiger partial charge in [-0.2, -0.15) is 0 Å². The average Bonchev–Trinajstić information content (AvgIpc) is 2.73. The Morgan fingerprint density at radius 2 is 1.75 bits per heavy atom. The van der Waals surface area contributed by atoms with Gasteiger partial charge in [-0.1, -0.05) is 0 Å². The second-order valence-electron chi connectivity index (χ2n) is 7.56. The van der Waals surface area contributed by atoms with Crippen molar-refractivity contribution in [2.75, 3.05) is 50.5 Å². The molecule has 3 rings (SSSR count). The highest BCUT2D eigenvalue weighted by Crippen LogP contribution is 2.23. The zero-order valence-corrected chi connectivity index (χ0v) is 16.9. The molecule has 1 aliphatic heterocycles. The number of anilines is 3. The normalized spacial score (nSPS) is 14.2. The van der Waals surface area contributed by atoms with Crippen molar-refractivity contribution >= 4 is 23.0 Å². The van der Waals surface area contributed by atoms with Crippen molar-refractivity contribution in [1.29, 1.82) is 0 Å². The minimum atomic E-state index is -0.129. The third-order valence-electron chi connectivity index (χ3n) is 4.94. The van der Waals surface area contributed by atoms with E-state index in [4.69, 9.17) is 0 Å². The number of carbonyl (C=O) groups excluding carboxylic acids is 1. The van der Waals surface area contributed by atoms with Crippen molar-refractivity contribution in [2.24, 2.45) is 0 Å². The number of aromatic nitrogens is 1. The lowest BCUT2D eigenvalue weighted by atomic mass is 10.1. The maximum Gasteiger partial charge on any atom is 0.269 e. The van der Waals surface area contributed by atoms with E-state index >= 15 is 0 Å². The maximum atomic E-state index is 12.1. The minimum Gasteiger partial charge on any atom is -0.372 e. The van der Waals surface area contributed by atoms with Crippen LogP contribution in [0.5, 0.6) is 0 Å². The van der Waals surface area contributed by atoms with E-state index < -0.39 is 0 Å². The van der Waals surface area contributed by atoms with Crippen LogP contribution in [0.1, 0.15) is 36.2 Å². The number of amides is 1. The Hall–Kier alpha value is -2.60. The van der Waals surface area contributed by atoms with Crippen molar-refractivity contribution in [3.8, 4) is 0 Å². The molecule has 1 aromatic heterocycles. The van der Waals surface area contributed by atoms with Gasteiger partial charge in [0, 0.05) is 31.0 Å². The molecule has 1 amide bonds. The summed E-state index contributed by atoms with van der Waals surface area (Å²) in [6, 6.07) is 12.2. The lowest BCUT2D eigenvalue weighted by Gasteiger charge is -2.28. The molecule has 0 aliphatic carbocycles. The highest BCUT2D eigenvalue weighted by Gasteiger charge is 2.11. The number of nitrogens with zero attached hydrogens (tertiary/aromatic N) is 3. The number of hydrogen-bond acceptors (Lipinski definition) is 5. The van der Waals surface area contributed by atoms with Crippen LogP contribution in [0.4, 0.5) is 17.1 Å². The van der Waals surface area contributed by atoms with E-state index in [2.05, 4.69) is 49.7 Å². The number of benzene rings is 1. The third kappa shape index (κ3) is 5.96. The molecule has 0 spiro atoms. The molecule has 0 saturated carbocycles. The maximum absolute atomic E-state index is 12.1. The highest BCUT2D eigenvalue weighted by molar-refractivity contribution is 5.92. The largest absolute Gasteiger partial charge is 0.372 e. The summed E-state index contributed by atoms with van der Waals surface area (Å²) in [5.74, 6) is -0.129. The van der Waals surface area contributed by atoms with Crippen LogP contribution < -0.4 is 15.5 Å². The molecule has 2 N–H and O–H groups in total. The first-order valence-corrected chi connectivity index (χ1v) is 10.1. The summed E-state index contributed by atoms with van der Waals surface area (Å²) >= 11 is 0. The van der Waals surface area contributed by atoms with Crippen LogP contribution in [0.15, 0.2) is 42.6 Å². The Morgan fingerprint density at radius 3 is 2.39 bits per heavy atom. The third-order valence-corrected chi connectivity index (χ3v) is 4.94. The van der Waals surface area contributed by atoms with E-state index in [0.717, 1.165) is 37.4 Å². The molecule has 1 fully saturated rings. The molecule has 6 nitrogen and oxygen atoms in total. The quantitative estimate of drug-likeness (QED) is 0.686. The van der Waals surface area contributed by atoms with Gasteiger partial charge >= 0.3 is 0 Å². The molecule has 1 aliphatic rings. The summed E-state index contributed by atoms with van der Waals surface area (Å²) in [4.78, 5) is 21.0. The fourth-order valence-electron chi connectivity index (χ4n) is 3.36. The van der Waals surface area contributed by atoms with Gasteiger partial charge < -0.3 is 20.4 Å². The lowest BCUT2D eigenvalue weighted by molar-refractivity contribution is 0.0947. The number of rotatable bonds is 8. The molecule has 28 heavy (non-hydrogen) atoms. The van der Waals surface area contributed by atoms with Crippen molar-refractivity contribution in [3.63, 3.8) is 0 Å².